The molecule has 4 nitrogen and oxygen atoms in total. The maximum atomic E-state index is 10.8. The lowest BCUT2D eigenvalue weighted by atomic mass is 10.3. The number of primary amides is 1. The van der Waals surface area contributed by atoms with Crippen LogP contribution in [0.2, 0.25) is 25.1 Å². The molecular formula is C9H7Cl5N2O2. The average molecular weight is 352 g/mol. The maximum Gasteiger partial charge on any atom is 0.237 e. The van der Waals surface area contributed by atoms with Crippen LogP contribution in [0, 0.1) is 0 Å². The van der Waals surface area contributed by atoms with Gasteiger partial charge in [-0.1, -0.05) is 58.0 Å². The van der Waals surface area contributed by atoms with Gasteiger partial charge < -0.3 is 16.2 Å². The first-order valence-electron chi connectivity index (χ1n) is 4.46. The summed E-state index contributed by atoms with van der Waals surface area (Å²) >= 11 is 29.2. The first-order valence-corrected chi connectivity index (χ1v) is 6.35. The molecule has 0 spiro atoms. The maximum absolute atomic E-state index is 10.8. The van der Waals surface area contributed by atoms with Gasteiger partial charge in [-0.3, -0.25) is 4.79 Å². The van der Waals surface area contributed by atoms with E-state index in [-0.39, 0.29) is 37.5 Å². The lowest BCUT2D eigenvalue weighted by molar-refractivity contribution is -0.119. The molecule has 9 heteroatoms. The van der Waals surface area contributed by atoms with Gasteiger partial charge in [-0.15, -0.1) is 0 Å². The van der Waals surface area contributed by atoms with Crippen LogP contribution in [-0.4, -0.2) is 18.6 Å². The number of ether oxygens (including phenoxy) is 1. The zero-order chi connectivity index (χ0) is 14.0. The highest BCUT2D eigenvalue weighted by Crippen LogP contribution is 2.48. The second kappa shape index (κ2) is 6.37. The Morgan fingerprint density at radius 3 is 1.78 bits per heavy atom. The molecule has 0 saturated carbocycles. The van der Waals surface area contributed by atoms with Gasteiger partial charge in [-0.2, -0.15) is 0 Å². The summed E-state index contributed by atoms with van der Waals surface area (Å²) in [4.78, 5) is 10.8. The highest BCUT2D eigenvalue weighted by molar-refractivity contribution is 6.55. The Hall–Kier alpha value is -0.100. The molecule has 0 aliphatic carbocycles. The van der Waals surface area contributed by atoms with Crippen molar-refractivity contribution < 1.29 is 9.53 Å². The lowest BCUT2D eigenvalue weighted by Crippen LogP contribution is -2.41. The van der Waals surface area contributed by atoms with E-state index in [1.165, 1.54) is 0 Å². The van der Waals surface area contributed by atoms with Crippen LogP contribution >= 0.6 is 58.0 Å². The highest BCUT2D eigenvalue weighted by Gasteiger charge is 2.21. The van der Waals surface area contributed by atoms with E-state index in [1.54, 1.807) is 0 Å². The van der Waals surface area contributed by atoms with Crippen LogP contribution in [0.15, 0.2) is 0 Å². The Kier molecular flexibility index (Phi) is 5.65. The summed E-state index contributed by atoms with van der Waals surface area (Å²) in [7, 11) is 0. The molecule has 0 radical (unpaired) electrons. The Bertz CT molecular complexity index is 465. The van der Waals surface area contributed by atoms with Gasteiger partial charge in [0, 0.05) is 0 Å². The molecule has 1 aromatic carbocycles. The average Bonchev–Trinajstić information content (AvgIpc) is 2.33. The minimum Gasteiger partial charge on any atom is -0.488 e. The number of rotatable bonds is 4. The normalized spacial score (nSPS) is 12.3. The topological polar surface area (TPSA) is 78.3 Å². The molecule has 1 aromatic rings. The van der Waals surface area contributed by atoms with Crippen LogP contribution in [-0.2, 0) is 4.79 Å². The SMILES string of the molecule is NC(=O)C(N)COc1c(Cl)c(Cl)c(Cl)c(Cl)c1Cl. The molecule has 0 saturated heterocycles. The third-order valence-corrected chi connectivity index (χ3v) is 4.18. The van der Waals surface area contributed by atoms with Gasteiger partial charge >= 0.3 is 0 Å². The van der Waals surface area contributed by atoms with Crippen molar-refractivity contribution in [2.75, 3.05) is 6.61 Å². The molecule has 100 valence electrons. The number of nitrogens with two attached hydrogens (primary N) is 2. The predicted octanol–water partition coefficient (Wildman–Crippen LogP) is 3.15. The van der Waals surface area contributed by atoms with E-state index in [4.69, 9.17) is 74.2 Å². The summed E-state index contributed by atoms with van der Waals surface area (Å²) in [6, 6.07) is -1.01. The smallest absolute Gasteiger partial charge is 0.237 e. The van der Waals surface area contributed by atoms with Crippen molar-refractivity contribution in [1.82, 2.24) is 0 Å². The van der Waals surface area contributed by atoms with Crippen molar-refractivity contribution in [1.29, 1.82) is 0 Å². The van der Waals surface area contributed by atoms with Crippen molar-refractivity contribution in [3.05, 3.63) is 25.1 Å². The third kappa shape index (κ3) is 3.26. The number of hydrogen-bond donors (Lipinski definition) is 2. The van der Waals surface area contributed by atoms with Gasteiger partial charge in [0.2, 0.25) is 5.91 Å². The van der Waals surface area contributed by atoms with Crippen molar-refractivity contribution in [2.45, 2.75) is 6.04 Å². The molecule has 0 aromatic heterocycles. The minimum absolute atomic E-state index is 0.00428. The van der Waals surface area contributed by atoms with E-state index >= 15 is 0 Å². The monoisotopic (exact) mass is 350 g/mol. The van der Waals surface area contributed by atoms with Crippen molar-refractivity contribution in [2.24, 2.45) is 11.5 Å². The molecule has 18 heavy (non-hydrogen) atoms. The van der Waals surface area contributed by atoms with E-state index < -0.39 is 11.9 Å². The Morgan fingerprint density at radius 1 is 1.00 bits per heavy atom. The van der Waals surface area contributed by atoms with E-state index in [0.29, 0.717) is 0 Å². The largest absolute Gasteiger partial charge is 0.488 e. The molecule has 1 atom stereocenters. The fourth-order valence-electron chi connectivity index (χ4n) is 0.967. The molecule has 1 unspecified atom stereocenters. The van der Waals surface area contributed by atoms with Gasteiger partial charge in [0.1, 0.15) is 22.7 Å². The van der Waals surface area contributed by atoms with Gasteiger partial charge in [-0.05, 0) is 0 Å². The zero-order valence-corrected chi connectivity index (χ0v) is 12.4. The van der Waals surface area contributed by atoms with Gasteiger partial charge in [0.15, 0.2) is 5.75 Å². The van der Waals surface area contributed by atoms with E-state index in [0.717, 1.165) is 0 Å². The van der Waals surface area contributed by atoms with E-state index in [9.17, 15) is 4.79 Å². The Balaban J connectivity index is 3.07. The first-order chi connectivity index (χ1) is 8.27. The minimum atomic E-state index is -1.01. The van der Waals surface area contributed by atoms with Crippen LogP contribution in [0.3, 0.4) is 0 Å². The fourth-order valence-corrected chi connectivity index (χ4v) is 2.20. The number of hydrogen-bond acceptors (Lipinski definition) is 3. The molecule has 0 heterocycles. The van der Waals surface area contributed by atoms with Crippen LogP contribution in [0.5, 0.6) is 5.75 Å². The summed E-state index contributed by atoms with van der Waals surface area (Å²) in [5, 5.41) is -0.0360. The predicted molar refractivity (Wildman–Crippen MR) is 74.2 cm³/mol. The fraction of sp³-hybridized carbons (Fsp3) is 0.222. The molecule has 4 N–H and O–H groups in total. The number of carbonyl (C=O) groups is 1. The molecule has 0 bridgehead atoms. The van der Waals surface area contributed by atoms with Gasteiger partial charge in [0.25, 0.3) is 0 Å². The standard InChI is InChI=1S/C9H7Cl5N2O2/c10-3-4(11)6(13)8(7(14)5(3)12)18-1-2(15)9(16)17/h2H,1,15H2,(H2,16,17). The molecule has 1 rings (SSSR count). The number of carbonyl (C=O) groups excluding carboxylic acids is 1. The van der Waals surface area contributed by atoms with Crippen LogP contribution in [0.1, 0.15) is 0 Å². The summed E-state index contributed by atoms with van der Waals surface area (Å²) in [6.07, 6.45) is 0. The molecule has 0 aliphatic heterocycles. The van der Waals surface area contributed by atoms with Crippen LogP contribution < -0.4 is 16.2 Å². The van der Waals surface area contributed by atoms with E-state index in [1.807, 2.05) is 0 Å². The molecular weight excluding hydrogens is 345 g/mol. The van der Waals surface area contributed by atoms with E-state index in [2.05, 4.69) is 0 Å². The second-order valence-corrected chi connectivity index (χ2v) is 5.11. The quantitative estimate of drug-likeness (QED) is 0.645. The Labute approximate surface area is 128 Å². The number of halogens is 5. The van der Waals surface area contributed by atoms with Crippen molar-refractivity contribution in [3.8, 4) is 5.75 Å². The van der Waals surface area contributed by atoms with Crippen molar-refractivity contribution >= 4 is 63.9 Å². The number of amides is 1. The Morgan fingerprint density at radius 2 is 1.39 bits per heavy atom. The molecule has 0 aliphatic rings. The summed E-state index contributed by atoms with van der Waals surface area (Å²) in [5.74, 6) is -0.733. The highest BCUT2D eigenvalue weighted by atomic mass is 35.5. The number of benzene rings is 1. The van der Waals surface area contributed by atoms with Crippen LogP contribution in [0.4, 0.5) is 0 Å². The lowest BCUT2D eigenvalue weighted by Gasteiger charge is -2.15. The van der Waals surface area contributed by atoms with Gasteiger partial charge in [0.05, 0.1) is 15.1 Å². The first kappa shape index (κ1) is 16.0. The zero-order valence-electron chi connectivity index (χ0n) is 8.65. The second-order valence-electron chi connectivity index (χ2n) is 3.22. The van der Waals surface area contributed by atoms with Gasteiger partial charge in [-0.25, -0.2) is 0 Å². The van der Waals surface area contributed by atoms with Crippen molar-refractivity contribution in [3.63, 3.8) is 0 Å². The summed E-state index contributed by atoms with van der Waals surface area (Å²) in [5.41, 5.74) is 10.4. The molecule has 0 fully saturated rings. The summed E-state index contributed by atoms with van der Waals surface area (Å²) in [6.45, 7) is -0.219. The third-order valence-electron chi connectivity index (χ3n) is 1.94. The molecule has 1 amide bonds. The van der Waals surface area contributed by atoms with Crippen LogP contribution in [0.25, 0.3) is 0 Å². The summed E-state index contributed by atoms with van der Waals surface area (Å²) < 4.78 is 5.19.